The third-order valence-electron chi connectivity index (χ3n) is 3.24. The second-order valence-corrected chi connectivity index (χ2v) is 5.29. The fourth-order valence-corrected chi connectivity index (χ4v) is 2.97. The Kier molecular flexibility index (Phi) is 3.04. The van der Waals surface area contributed by atoms with Crippen molar-refractivity contribution in [3.8, 4) is 0 Å². The SMILES string of the molecule is Nc1cccc2c1CCN(c1nc(C(F)(F)F)ns1)C2. The summed E-state index contributed by atoms with van der Waals surface area (Å²) in [6.45, 7) is 1.10. The molecule has 106 valence electrons. The summed E-state index contributed by atoms with van der Waals surface area (Å²) in [5, 5.41) is 0.297. The van der Waals surface area contributed by atoms with Crippen LogP contribution in [-0.4, -0.2) is 15.9 Å². The number of fused-ring (bicyclic) bond motifs is 1. The minimum atomic E-state index is -4.49. The van der Waals surface area contributed by atoms with Crippen LogP contribution in [0.4, 0.5) is 24.0 Å². The lowest BCUT2D eigenvalue weighted by Crippen LogP contribution is -2.30. The number of nitrogens with zero attached hydrogens (tertiary/aromatic N) is 3. The van der Waals surface area contributed by atoms with Gasteiger partial charge in [-0.1, -0.05) is 12.1 Å². The predicted octanol–water partition coefficient (Wildman–Crippen LogP) is 2.70. The van der Waals surface area contributed by atoms with E-state index >= 15 is 0 Å². The summed E-state index contributed by atoms with van der Waals surface area (Å²) < 4.78 is 40.9. The van der Waals surface area contributed by atoms with Gasteiger partial charge in [0.05, 0.1) is 0 Å². The minimum Gasteiger partial charge on any atom is -0.398 e. The molecular formula is C12H11F3N4S. The average molecular weight is 300 g/mol. The Morgan fingerprint density at radius 1 is 1.30 bits per heavy atom. The van der Waals surface area contributed by atoms with Gasteiger partial charge in [0.2, 0.25) is 11.0 Å². The first-order chi connectivity index (χ1) is 9.45. The van der Waals surface area contributed by atoms with E-state index in [0.29, 0.717) is 24.6 Å². The Morgan fingerprint density at radius 3 is 2.80 bits per heavy atom. The molecule has 1 aliphatic heterocycles. The van der Waals surface area contributed by atoms with Crippen LogP contribution in [0, 0.1) is 0 Å². The van der Waals surface area contributed by atoms with Gasteiger partial charge in [0.1, 0.15) is 0 Å². The van der Waals surface area contributed by atoms with Crippen LogP contribution in [0.2, 0.25) is 0 Å². The molecule has 8 heteroatoms. The third kappa shape index (κ3) is 2.31. The largest absolute Gasteiger partial charge is 0.452 e. The Morgan fingerprint density at radius 2 is 2.10 bits per heavy atom. The highest BCUT2D eigenvalue weighted by Gasteiger charge is 2.36. The molecule has 0 saturated heterocycles. The lowest BCUT2D eigenvalue weighted by Gasteiger charge is -2.28. The van der Waals surface area contributed by atoms with Crippen molar-refractivity contribution in [2.24, 2.45) is 0 Å². The second kappa shape index (κ2) is 4.62. The van der Waals surface area contributed by atoms with Crippen LogP contribution in [0.15, 0.2) is 18.2 Å². The van der Waals surface area contributed by atoms with Crippen molar-refractivity contribution in [2.75, 3.05) is 17.2 Å². The van der Waals surface area contributed by atoms with Crippen molar-refractivity contribution in [3.05, 3.63) is 35.2 Å². The molecule has 20 heavy (non-hydrogen) atoms. The highest BCUT2D eigenvalue weighted by Crippen LogP contribution is 2.33. The van der Waals surface area contributed by atoms with Gasteiger partial charge in [-0.05, 0) is 23.6 Å². The molecule has 0 spiro atoms. The molecule has 1 aromatic carbocycles. The zero-order chi connectivity index (χ0) is 14.3. The second-order valence-electron chi connectivity index (χ2n) is 4.55. The number of aromatic nitrogens is 2. The van der Waals surface area contributed by atoms with E-state index in [4.69, 9.17) is 5.73 Å². The fraction of sp³-hybridized carbons (Fsp3) is 0.333. The minimum absolute atomic E-state index is 0.297. The van der Waals surface area contributed by atoms with Gasteiger partial charge in [0.15, 0.2) is 0 Å². The number of hydrogen-bond donors (Lipinski definition) is 1. The molecular weight excluding hydrogens is 289 g/mol. The van der Waals surface area contributed by atoms with E-state index in [1.54, 1.807) is 4.90 Å². The van der Waals surface area contributed by atoms with Crippen molar-refractivity contribution in [1.82, 2.24) is 9.36 Å². The van der Waals surface area contributed by atoms with Gasteiger partial charge >= 0.3 is 6.18 Å². The highest BCUT2D eigenvalue weighted by atomic mass is 32.1. The van der Waals surface area contributed by atoms with Gasteiger partial charge < -0.3 is 10.6 Å². The summed E-state index contributed by atoms with van der Waals surface area (Å²) in [7, 11) is 0. The molecule has 2 aromatic rings. The van der Waals surface area contributed by atoms with E-state index < -0.39 is 12.0 Å². The molecule has 0 unspecified atom stereocenters. The van der Waals surface area contributed by atoms with Crippen LogP contribution < -0.4 is 10.6 Å². The Hall–Kier alpha value is -1.83. The zero-order valence-corrected chi connectivity index (χ0v) is 11.1. The van der Waals surface area contributed by atoms with Crippen LogP contribution in [0.25, 0.3) is 0 Å². The number of nitrogen functional groups attached to an aromatic ring is 1. The number of hydrogen-bond acceptors (Lipinski definition) is 5. The molecule has 4 nitrogen and oxygen atoms in total. The van der Waals surface area contributed by atoms with Crippen molar-refractivity contribution in [1.29, 1.82) is 0 Å². The standard InChI is InChI=1S/C12H11F3N4S/c13-12(14,15)10-17-11(20-18-10)19-5-4-8-7(6-19)2-1-3-9(8)16/h1-3H,4-6,16H2. The molecule has 0 saturated carbocycles. The van der Waals surface area contributed by atoms with Gasteiger partial charge in [-0.2, -0.15) is 22.5 Å². The Bertz CT molecular complexity index is 638. The van der Waals surface area contributed by atoms with Crippen LogP contribution in [0.3, 0.4) is 0 Å². The number of halogens is 3. The first kappa shape index (κ1) is 13.2. The smallest absolute Gasteiger partial charge is 0.398 e. The highest BCUT2D eigenvalue weighted by molar-refractivity contribution is 7.09. The molecule has 1 aliphatic rings. The molecule has 0 bridgehead atoms. The molecule has 1 aromatic heterocycles. The van der Waals surface area contributed by atoms with E-state index in [2.05, 4.69) is 9.36 Å². The van der Waals surface area contributed by atoms with Crippen LogP contribution >= 0.6 is 11.5 Å². The monoisotopic (exact) mass is 300 g/mol. The van der Waals surface area contributed by atoms with E-state index in [1.807, 2.05) is 18.2 Å². The lowest BCUT2D eigenvalue weighted by atomic mass is 9.98. The van der Waals surface area contributed by atoms with Gasteiger partial charge in [-0.15, -0.1) is 0 Å². The fourth-order valence-electron chi connectivity index (χ4n) is 2.26. The van der Waals surface area contributed by atoms with Crippen LogP contribution in [0.1, 0.15) is 17.0 Å². The number of benzene rings is 1. The number of alkyl halides is 3. The molecule has 0 atom stereocenters. The Balaban J connectivity index is 1.85. The summed E-state index contributed by atoms with van der Waals surface area (Å²) in [5.74, 6) is -1.07. The quantitative estimate of drug-likeness (QED) is 0.823. The zero-order valence-electron chi connectivity index (χ0n) is 10.3. The van der Waals surface area contributed by atoms with Crippen LogP contribution in [-0.2, 0) is 19.1 Å². The van der Waals surface area contributed by atoms with Gasteiger partial charge in [0, 0.05) is 30.3 Å². The maximum atomic E-state index is 12.5. The summed E-state index contributed by atoms with van der Waals surface area (Å²) >= 11 is 0.775. The molecule has 0 aliphatic carbocycles. The summed E-state index contributed by atoms with van der Waals surface area (Å²) in [6, 6.07) is 5.61. The first-order valence-corrected chi connectivity index (χ1v) is 6.74. The van der Waals surface area contributed by atoms with E-state index in [9.17, 15) is 13.2 Å². The predicted molar refractivity (Wildman–Crippen MR) is 70.5 cm³/mol. The topological polar surface area (TPSA) is 55.0 Å². The van der Waals surface area contributed by atoms with Crippen LogP contribution in [0.5, 0.6) is 0 Å². The number of anilines is 2. The molecule has 0 amide bonds. The normalized spacial score (nSPS) is 15.2. The summed E-state index contributed by atoms with van der Waals surface area (Å²) in [6.07, 6.45) is -3.80. The van der Waals surface area contributed by atoms with Crippen molar-refractivity contribution < 1.29 is 13.2 Å². The third-order valence-corrected chi connectivity index (χ3v) is 4.02. The van der Waals surface area contributed by atoms with Gasteiger partial charge in [0.25, 0.3) is 0 Å². The molecule has 0 fully saturated rings. The maximum absolute atomic E-state index is 12.5. The molecule has 0 radical (unpaired) electrons. The molecule has 3 rings (SSSR count). The lowest BCUT2D eigenvalue weighted by molar-refractivity contribution is -0.144. The van der Waals surface area contributed by atoms with Crippen molar-refractivity contribution >= 4 is 22.4 Å². The van der Waals surface area contributed by atoms with Gasteiger partial charge in [-0.25, -0.2) is 0 Å². The maximum Gasteiger partial charge on any atom is 0.452 e. The van der Waals surface area contributed by atoms with Crippen molar-refractivity contribution in [3.63, 3.8) is 0 Å². The van der Waals surface area contributed by atoms with Crippen molar-refractivity contribution in [2.45, 2.75) is 19.1 Å². The first-order valence-electron chi connectivity index (χ1n) is 5.97. The molecule has 2 heterocycles. The Labute approximate surface area is 117 Å². The average Bonchev–Trinajstić information content (AvgIpc) is 2.88. The van der Waals surface area contributed by atoms with Gasteiger partial charge in [-0.3, -0.25) is 0 Å². The number of rotatable bonds is 1. The summed E-state index contributed by atoms with van der Waals surface area (Å²) in [4.78, 5) is 5.38. The van der Waals surface area contributed by atoms with E-state index in [1.165, 1.54) is 0 Å². The van der Waals surface area contributed by atoms with E-state index in [-0.39, 0.29) is 0 Å². The number of nitrogens with two attached hydrogens (primary N) is 1. The summed E-state index contributed by atoms with van der Waals surface area (Å²) in [5.41, 5.74) is 8.73. The molecule has 2 N–H and O–H groups in total. The van der Waals surface area contributed by atoms with E-state index in [0.717, 1.165) is 28.3 Å².